The molecule has 0 atom stereocenters. The number of rotatable bonds is 1. The van der Waals surface area contributed by atoms with Gasteiger partial charge in [0.25, 0.3) is 0 Å². The highest BCUT2D eigenvalue weighted by Gasteiger charge is 2.02. The number of hydrogen-bond acceptors (Lipinski definition) is 4. The Labute approximate surface area is 67.8 Å². The normalized spacial score (nSPS) is 10.6. The molecule has 11 heavy (non-hydrogen) atoms. The predicted molar refractivity (Wildman–Crippen MR) is 43.6 cm³/mol. The van der Waals surface area contributed by atoms with Gasteiger partial charge in [0, 0.05) is 0 Å². The first-order valence-electron chi connectivity index (χ1n) is 3.14. The third-order valence-corrected chi connectivity index (χ3v) is 2.13. The van der Waals surface area contributed by atoms with Crippen molar-refractivity contribution in [2.45, 2.75) is 5.03 Å². The first kappa shape index (κ1) is 6.67. The third kappa shape index (κ3) is 0.991. The Balaban J connectivity index is 2.79. The zero-order chi connectivity index (χ0) is 7.68. The average molecular weight is 166 g/mol. The Morgan fingerprint density at radius 1 is 1.45 bits per heavy atom. The van der Waals surface area contributed by atoms with Crippen molar-refractivity contribution >= 4 is 22.9 Å². The summed E-state index contributed by atoms with van der Waals surface area (Å²) in [6.07, 6.45) is 5.12. The number of furan rings is 1. The van der Waals surface area contributed by atoms with Gasteiger partial charge in [0.1, 0.15) is 11.4 Å². The number of aromatic nitrogens is 2. The number of nitrogens with zero attached hydrogens (tertiary/aromatic N) is 2. The Kier molecular flexibility index (Phi) is 1.54. The van der Waals surface area contributed by atoms with Gasteiger partial charge in [0.15, 0.2) is 0 Å². The largest absolute Gasteiger partial charge is 0.446 e. The van der Waals surface area contributed by atoms with Crippen LogP contribution in [0.2, 0.25) is 0 Å². The number of hydrogen-bond donors (Lipinski definition) is 0. The second-order valence-electron chi connectivity index (χ2n) is 2.02. The van der Waals surface area contributed by atoms with Crippen molar-refractivity contribution in [1.29, 1.82) is 0 Å². The van der Waals surface area contributed by atoms with E-state index in [4.69, 9.17) is 4.42 Å². The van der Waals surface area contributed by atoms with Crippen LogP contribution in [-0.4, -0.2) is 16.2 Å². The second-order valence-corrected chi connectivity index (χ2v) is 2.82. The van der Waals surface area contributed by atoms with Crippen molar-refractivity contribution in [1.82, 2.24) is 9.97 Å². The molecule has 0 spiro atoms. The van der Waals surface area contributed by atoms with E-state index in [1.807, 2.05) is 12.3 Å². The molecular weight excluding hydrogens is 160 g/mol. The van der Waals surface area contributed by atoms with Crippen LogP contribution in [0.5, 0.6) is 0 Å². The Morgan fingerprint density at radius 3 is 3.18 bits per heavy atom. The van der Waals surface area contributed by atoms with E-state index in [0.717, 1.165) is 10.4 Å². The predicted octanol–water partition coefficient (Wildman–Crippen LogP) is 1.94. The van der Waals surface area contributed by atoms with Crippen molar-refractivity contribution in [3.63, 3.8) is 0 Å². The second kappa shape index (κ2) is 2.54. The lowest BCUT2D eigenvalue weighted by Gasteiger charge is -1.92. The fourth-order valence-electron chi connectivity index (χ4n) is 0.930. The SMILES string of the molecule is CSc1ncnc2occc12. The molecular formula is C7H6N2OS. The van der Waals surface area contributed by atoms with E-state index in [2.05, 4.69) is 9.97 Å². The fourth-order valence-corrected chi connectivity index (χ4v) is 1.46. The maximum Gasteiger partial charge on any atom is 0.230 e. The van der Waals surface area contributed by atoms with Crippen molar-refractivity contribution < 1.29 is 4.42 Å². The molecule has 0 aliphatic carbocycles. The topological polar surface area (TPSA) is 38.9 Å². The first-order chi connectivity index (χ1) is 5.42. The molecule has 0 aliphatic rings. The van der Waals surface area contributed by atoms with Crippen molar-refractivity contribution in [3.8, 4) is 0 Å². The molecule has 0 fully saturated rings. The Hall–Kier alpha value is -1.03. The zero-order valence-corrected chi connectivity index (χ0v) is 6.76. The van der Waals surface area contributed by atoms with E-state index in [0.29, 0.717) is 5.71 Å². The average Bonchev–Trinajstić information content (AvgIpc) is 2.50. The molecule has 0 aromatic carbocycles. The molecule has 0 unspecified atom stereocenters. The van der Waals surface area contributed by atoms with E-state index in [1.54, 1.807) is 18.0 Å². The van der Waals surface area contributed by atoms with E-state index >= 15 is 0 Å². The van der Waals surface area contributed by atoms with Gasteiger partial charge in [-0.25, -0.2) is 9.97 Å². The zero-order valence-electron chi connectivity index (χ0n) is 5.94. The standard InChI is InChI=1S/C7H6N2OS/c1-11-7-5-2-3-10-6(5)8-4-9-7/h2-4H,1H3. The minimum atomic E-state index is 0.657. The summed E-state index contributed by atoms with van der Waals surface area (Å²) in [5.74, 6) is 0. The van der Waals surface area contributed by atoms with Crippen LogP contribution in [0.3, 0.4) is 0 Å². The quantitative estimate of drug-likeness (QED) is 0.479. The summed E-state index contributed by atoms with van der Waals surface area (Å²) in [4.78, 5) is 8.05. The third-order valence-electron chi connectivity index (χ3n) is 1.42. The van der Waals surface area contributed by atoms with Crippen molar-refractivity contribution in [2.24, 2.45) is 0 Å². The highest BCUT2D eigenvalue weighted by Crippen LogP contribution is 2.22. The van der Waals surface area contributed by atoms with Crippen LogP contribution in [0.25, 0.3) is 11.1 Å². The van der Waals surface area contributed by atoms with Gasteiger partial charge in [-0.2, -0.15) is 0 Å². The highest BCUT2D eigenvalue weighted by atomic mass is 32.2. The minimum absolute atomic E-state index is 0.657. The van der Waals surface area contributed by atoms with Crippen LogP contribution in [0.15, 0.2) is 28.1 Å². The van der Waals surface area contributed by atoms with Crippen LogP contribution in [0.4, 0.5) is 0 Å². The highest BCUT2D eigenvalue weighted by molar-refractivity contribution is 7.98. The fraction of sp³-hybridized carbons (Fsp3) is 0.143. The monoisotopic (exact) mass is 166 g/mol. The van der Waals surface area contributed by atoms with Gasteiger partial charge < -0.3 is 4.42 Å². The first-order valence-corrected chi connectivity index (χ1v) is 4.36. The van der Waals surface area contributed by atoms with E-state index in [9.17, 15) is 0 Å². The summed E-state index contributed by atoms with van der Waals surface area (Å²) < 4.78 is 5.10. The molecule has 2 aromatic heterocycles. The number of thioether (sulfide) groups is 1. The molecule has 3 nitrogen and oxygen atoms in total. The maximum atomic E-state index is 5.10. The van der Waals surface area contributed by atoms with Crippen LogP contribution in [-0.2, 0) is 0 Å². The van der Waals surface area contributed by atoms with E-state index in [1.165, 1.54) is 6.33 Å². The maximum absolute atomic E-state index is 5.10. The molecule has 0 saturated heterocycles. The smallest absolute Gasteiger partial charge is 0.230 e. The van der Waals surface area contributed by atoms with Crippen molar-refractivity contribution in [3.05, 3.63) is 18.7 Å². The van der Waals surface area contributed by atoms with Crippen LogP contribution in [0.1, 0.15) is 0 Å². The molecule has 0 N–H and O–H groups in total. The van der Waals surface area contributed by atoms with Gasteiger partial charge in [0.2, 0.25) is 5.71 Å². The molecule has 2 rings (SSSR count). The molecule has 0 saturated carbocycles. The van der Waals surface area contributed by atoms with Gasteiger partial charge in [0.05, 0.1) is 11.6 Å². The molecule has 0 radical (unpaired) electrons. The van der Waals surface area contributed by atoms with Gasteiger partial charge in [-0.05, 0) is 12.3 Å². The number of fused-ring (bicyclic) bond motifs is 1. The van der Waals surface area contributed by atoms with Gasteiger partial charge >= 0.3 is 0 Å². The summed E-state index contributed by atoms with van der Waals surface area (Å²) in [6.45, 7) is 0. The van der Waals surface area contributed by atoms with E-state index in [-0.39, 0.29) is 0 Å². The summed E-state index contributed by atoms with van der Waals surface area (Å²) in [5.41, 5.74) is 0.657. The van der Waals surface area contributed by atoms with Crippen LogP contribution < -0.4 is 0 Å². The van der Waals surface area contributed by atoms with Gasteiger partial charge in [-0.1, -0.05) is 0 Å². The lowest BCUT2D eigenvalue weighted by molar-refractivity contribution is 0.601. The molecule has 0 bridgehead atoms. The Morgan fingerprint density at radius 2 is 2.36 bits per heavy atom. The lowest BCUT2D eigenvalue weighted by Crippen LogP contribution is -1.81. The lowest BCUT2D eigenvalue weighted by atomic mass is 10.4. The van der Waals surface area contributed by atoms with Gasteiger partial charge in [-0.3, -0.25) is 0 Å². The van der Waals surface area contributed by atoms with Crippen LogP contribution >= 0.6 is 11.8 Å². The molecule has 2 heterocycles. The summed E-state index contributed by atoms with van der Waals surface area (Å²) in [7, 11) is 0. The van der Waals surface area contributed by atoms with Gasteiger partial charge in [-0.15, -0.1) is 11.8 Å². The Bertz CT molecular complexity index is 371. The van der Waals surface area contributed by atoms with Crippen molar-refractivity contribution in [2.75, 3.05) is 6.26 Å². The molecule has 0 amide bonds. The minimum Gasteiger partial charge on any atom is -0.446 e. The van der Waals surface area contributed by atoms with Crippen LogP contribution in [0, 0.1) is 0 Å². The van der Waals surface area contributed by atoms with E-state index < -0.39 is 0 Å². The molecule has 4 heteroatoms. The summed E-state index contributed by atoms with van der Waals surface area (Å²) in [6, 6.07) is 1.88. The molecule has 2 aromatic rings. The summed E-state index contributed by atoms with van der Waals surface area (Å²) in [5, 5.41) is 1.95. The molecule has 56 valence electrons. The molecule has 0 aliphatic heterocycles. The summed E-state index contributed by atoms with van der Waals surface area (Å²) >= 11 is 1.59.